The number of ether oxygens (including phenoxy) is 1. The van der Waals surface area contributed by atoms with Gasteiger partial charge in [-0.2, -0.15) is 0 Å². The van der Waals surface area contributed by atoms with Crippen LogP contribution >= 0.6 is 0 Å². The third-order valence-electron chi connectivity index (χ3n) is 5.17. The Bertz CT molecular complexity index is 1540. The lowest BCUT2D eigenvalue weighted by Crippen LogP contribution is -2.15. The summed E-state index contributed by atoms with van der Waals surface area (Å²) in [5.74, 6) is 0.463. The molecule has 0 amide bonds. The van der Waals surface area contributed by atoms with E-state index in [-0.39, 0.29) is 17.1 Å². The molecule has 9 heteroatoms. The van der Waals surface area contributed by atoms with Crippen LogP contribution in [-0.4, -0.2) is 13.0 Å². The van der Waals surface area contributed by atoms with E-state index in [4.69, 9.17) is 9.15 Å². The van der Waals surface area contributed by atoms with Crippen molar-refractivity contribution in [1.82, 2.24) is 4.57 Å². The van der Waals surface area contributed by atoms with Gasteiger partial charge >= 0.3 is 0 Å². The molecule has 2 aromatic carbocycles. The maximum absolute atomic E-state index is 13.8. The maximum Gasteiger partial charge on any atom is 0.261 e. The van der Waals surface area contributed by atoms with Crippen molar-refractivity contribution in [1.29, 1.82) is 0 Å². The Kier molecular flexibility index (Phi) is 5.59. The molecule has 7 nitrogen and oxygen atoms in total. The minimum Gasteiger partial charge on any atom is -0.463 e. The molecule has 33 heavy (non-hydrogen) atoms. The molecule has 4 rings (SSSR count). The molecule has 0 aliphatic carbocycles. The molecule has 2 aromatic heterocycles. The molecule has 0 bridgehead atoms. The largest absolute Gasteiger partial charge is 0.463 e. The van der Waals surface area contributed by atoms with Crippen molar-refractivity contribution in [2.75, 3.05) is 4.72 Å². The summed E-state index contributed by atoms with van der Waals surface area (Å²) in [6.07, 6.45) is 3.00. The Hall–Kier alpha value is -3.85. The summed E-state index contributed by atoms with van der Waals surface area (Å²) in [6, 6.07) is 9.01. The zero-order valence-electron chi connectivity index (χ0n) is 18.2. The number of aryl methyl sites for hydroxylation is 3. The summed E-state index contributed by atoms with van der Waals surface area (Å²) in [7, 11) is -2.15. The summed E-state index contributed by atoms with van der Waals surface area (Å²) < 4.78 is 53.4. The van der Waals surface area contributed by atoms with E-state index in [0.717, 1.165) is 5.41 Å². The Morgan fingerprint density at radius 2 is 1.82 bits per heavy atom. The Balaban J connectivity index is 1.96. The van der Waals surface area contributed by atoms with Gasteiger partial charge in [0.1, 0.15) is 22.9 Å². The fraction of sp³-hybridized carbons (Fsp3) is 0.125. The highest BCUT2D eigenvalue weighted by atomic mass is 32.2. The van der Waals surface area contributed by atoms with Crippen LogP contribution in [0.15, 0.2) is 70.1 Å². The molecule has 0 radical (unpaired) electrons. The van der Waals surface area contributed by atoms with Crippen LogP contribution < -0.4 is 15.0 Å². The number of hydrogen-bond donors (Lipinski definition) is 1. The predicted octanol–water partition coefficient (Wildman–Crippen LogP) is 5.23. The highest BCUT2D eigenvalue weighted by molar-refractivity contribution is 7.95. The van der Waals surface area contributed by atoms with Gasteiger partial charge in [0.15, 0.2) is 0 Å². The summed E-state index contributed by atoms with van der Waals surface area (Å²) in [5.41, 5.74) is 2.54. The second-order valence-electron chi connectivity index (χ2n) is 7.62. The van der Waals surface area contributed by atoms with Crippen molar-refractivity contribution >= 4 is 26.7 Å². The molecule has 170 valence electrons. The van der Waals surface area contributed by atoms with E-state index in [0.29, 0.717) is 44.7 Å². The Morgan fingerprint density at radius 1 is 1.12 bits per heavy atom. The number of benzene rings is 2. The normalized spacial score (nSPS) is 11.5. The van der Waals surface area contributed by atoms with Gasteiger partial charge in [0, 0.05) is 35.5 Å². The van der Waals surface area contributed by atoms with Gasteiger partial charge in [-0.25, -0.2) is 12.8 Å². The van der Waals surface area contributed by atoms with Crippen molar-refractivity contribution in [3.05, 3.63) is 88.1 Å². The lowest BCUT2D eigenvalue weighted by Gasteiger charge is -2.17. The first-order valence-electron chi connectivity index (χ1n) is 9.91. The standard InChI is InChI=1S/C24H21FN2O5S/c1-5-33(29,30)26-17-6-7-21(32-22-14(2)10-16(25)11-15(22)3)19(12-17)20-13-27(4)24(28)18-8-9-31-23(18)20/h5-13,26H,1H2,2-4H3. The van der Waals surface area contributed by atoms with Gasteiger partial charge in [0.05, 0.1) is 11.6 Å². The molecule has 0 saturated carbocycles. The highest BCUT2D eigenvalue weighted by Gasteiger charge is 2.19. The van der Waals surface area contributed by atoms with Crippen molar-refractivity contribution in [2.24, 2.45) is 7.05 Å². The number of pyridine rings is 1. The lowest BCUT2D eigenvalue weighted by atomic mass is 10.0. The van der Waals surface area contributed by atoms with E-state index in [2.05, 4.69) is 11.3 Å². The third-order valence-corrected chi connectivity index (χ3v) is 6.13. The summed E-state index contributed by atoms with van der Waals surface area (Å²) in [4.78, 5) is 12.5. The molecule has 1 N–H and O–H groups in total. The first-order chi connectivity index (χ1) is 15.6. The van der Waals surface area contributed by atoms with Gasteiger partial charge < -0.3 is 13.7 Å². The third kappa shape index (κ3) is 4.27. The number of anilines is 1. The molecule has 0 atom stereocenters. The van der Waals surface area contributed by atoms with Crippen LogP contribution in [-0.2, 0) is 17.1 Å². The molecule has 0 fully saturated rings. The van der Waals surface area contributed by atoms with Crippen molar-refractivity contribution in [3.8, 4) is 22.6 Å². The number of sulfonamides is 1. The van der Waals surface area contributed by atoms with Crippen LogP contribution in [0, 0.1) is 19.7 Å². The van der Waals surface area contributed by atoms with Crippen LogP contribution in [0.5, 0.6) is 11.5 Å². The molecule has 0 aliphatic rings. The topological polar surface area (TPSA) is 90.5 Å². The van der Waals surface area contributed by atoms with Crippen LogP contribution in [0.4, 0.5) is 10.1 Å². The maximum atomic E-state index is 13.8. The van der Waals surface area contributed by atoms with Crippen LogP contribution in [0.25, 0.3) is 22.1 Å². The van der Waals surface area contributed by atoms with Crippen molar-refractivity contribution in [3.63, 3.8) is 0 Å². The molecule has 4 aromatic rings. The number of aromatic nitrogens is 1. The molecular formula is C24H21FN2O5S. The Morgan fingerprint density at radius 3 is 2.48 bits per heavy atom. The number of nitrogens with one attached hydrogen (secondary N) is 1. The van der Waals surface area contributed by atoms with E-state index in [1.807, 2.05) is 0 Å². The van der Waals surface area contributed by atoms with Gasteiger partial charge in [-0.05, 0) is 61.4 Å². The number of hydrogen-bond acceptors (Lipinski definition) is 5. The predicted molar refractivity (Wildman–Crippen MR) is 126 cm³/mol. The van der Waals surface area contributed by atoms with Gasteiger partial charge in [-0.1, -0.05) is 6.58 Å². The van der Waals surface area contributed by atoms with Gasteiger partial charge in [-0.15, -0.1) is 0 Å². The van der Waals surface area contributed by atoms with Crippen molar-refractivity contribution < 1.29 is 22.0 Å². The zero-order valence-corrected chi connectivity index (χ0v) is 19.0. The average molecular weight is 469 g/mol. The second-order valence-corrected chi connectivity index (χ2v) is 9.25. The van der Waals surface area contributed by atoms with Gasteiger partial charge in [0.25, 0.3) is 15.6 Å². The van der Waals surface area contributed by atoms with E-state index < -0.39 is 10.0 Å². The molecule has 0 aliphatic heterocycles. The zero-order chi connectivity index (χ0) is 23.9. The van der Waals surface area contributed by atoms with E-state index in [9.17, 15) is 17.6 Å². The molecule has 0 spiro atoms. The summed E-state index contributed by atoms with van der Waals surface area (Å²) >= 11 is 0. The molecule has 0 unspecified atom stereocenters. The fourth-order valence-electron chi connectivity index (χ4n) is 3.65. The number of rotatable bonds is 6. The lowest BCUT2D eigenvalue weighted by molar-refractivity contribution is 0.474. The van der Waals surface area contributed by atoms with Crippen molar-refractivity contribution in [2.45, 2.75) is 13.8 Å². The summed E-state index contributed by atoms with van der Waals surface area (Å²) in [6.45, 7) is 6.77. The monoisotopic (exact) mass is 468 g/mol. The quantitative estimate of drug-likeness (QED) is 0.418. The number of furan rings is 1. The minimum atomic E-state index is -3.76. The first-order valence-corrected chi connectivity index (χ1v) is 11.5. The minimum absolute atomic E-state index is 0.237. The number of halogens is 1. The molecular weight excluding hydrogens is 447 g/mol. The van der Waals surface area contributed by atoms with Gasteiger partial charge in [-0.3, -0.25) is 9.52 Å². The number of nitrogens with zero attached hydrogens (tertiary/aromatic N) is 1. The van der Waals surface area contributed by atoms with Crippen LogP contribution in [0.3, 0.4) is 0 Å². The smallest absolute Gasteiger partial charge is 0.261 e. The van der Waals surface area contributed by atoms with Crippen LogP contribution in [0.1, 0.15) is 11.1 Å². The summed E-state index contributed by atoms with van der Waals surface area (Å²) in [5, 5.41) is 1.17. The first kappa shape index (κ1) is 22.3. The molecule has 2 heterocycles. The fourth-order valence-corrected chi connectivity index (χ4v) is 4.19. The van der Waals surface area contributed by atoms with Gasteiger partial charge in [0.2, 0.25) is 0 Å². The second kappa shape index (κ2) is 8.25. The van der Waals surface area contributed by atoms with E-state index in [1.165, 1.54) is 29.0 Å². The van der Waals surface area contributed by atoms with Crippen LogP contribution in [0.2, 0.25) is 0 Å². The number of fused-ring (bicyclic) bond motifs is 1. The van der Waals surface area contributed by atoms with E-state index >= 15 is 0 Å². The SMILES string of the molecule is C=CS(=O)(=O)Nc1ccc(Oc2c(C)cc(F)cc2C)c(-c2cn(C)c(=O)c3ccoc23)c1. The van der Waals surface area contributed by atoms with E-state index in [1.54, 1.807) is 45.3 Å². The molecule has 0 saturated heterocycles. The Labute approximate surface area is 189 Å². The average Bonchev–Trinajstić information content (AvgIpc) is 3.24. The highest BCUT2D eigenvalue weighted by Crippen LogP contribution is 2.40.